The zero-order chi connectivity index (χ0) is 25.1. The van der Waals surface area contributed by atoms with Gasteiger partial charge in [0.2, 0.25) is 21.8 Å². The molecule has 1 aromatic carbocycles. The van der Waals surface area contributed by atoms with Crippen LogP contribution in [0.1, 0.15) is 46.0 Å². The second-order valence-electron chi connectivity index (χ2n) is 10.4. The third-order valence-corrected chi connectivity index (χ3v) is 9.39. The maximum Gasteiger partial charge on any atom is 0.273 e. The van der Waals surface area contributed by atoms with Gasteiger partial charge >= 0.3 is 0 Å². The van der Waals surface area contributed by atoms with Crippen LogP contribution in [0, 0.1) is 33.3 Å². The van der Waals surface area contributed by atoms with Crippen molar-refractivity contribution < 1.29 is 27.7 Å². The van der Waals surface area contributed by atoms with Crippen LogP contribution in [0.25, 0.3) is 0 Å². The molecule has 1 aromatic rings. The fraction of sp³-hybridized carbons (Fsp3) is 0.636. The van der Waals surface area contributed by atoms with Gasteiger partial charge in [-0.1, -0.05) is 0 Å². The number of ether oxygens (including phenoxy) is 1. The number of nitro benzene ring substituents is 1. The predicted molar refractivity (Wildman–Crippen MR) is 121 cm³/mol. The van der Waals surface area contributed by atoms with E-state index in [4.69, 9.17) is 10.5 Å². The number of nitro groups is 1. The van der Waals surface area contributed by atoms with Gasteiger partial charge in [-0.15, -0.1) is 0 Å². The number of amides is 2. The van der Waals surface area contributed by atoms with Gasteiger partial charge in [-0.05, 0) is 69.8 Å². The molecule has 186 valence electrons. The van der Waals surface area contributed by atoms with Gasteiger partial charge in [0.1, 0.15) is 16.2 Å². The van der Waals surface area contributed by atoms with E-state index in [0.717, 1.165) is 37.5 Å². The zero-order valence-corrected chi connectivity index (χ0v) is 20.2. The van der Waals surface area contributed by atoms with Crippen molar-refractivity contribution in [1.29, 1.82) is 0 Å². The van der Waals surface area contributed by atoms with E-state index in [1.165, 1.54) is 21.0 Å². The molecular formula is C22H30N4O7S. The highest BCUT2D eigenvalue weighted by molar-refractivity contribution is 7.89. The fourth-order valence-electron chi connectivity index (χ4n) is 6.32. The minimum atomic E-state index is -4.25. The minimum Gasteiger partial charge on any atom is -0.495 e. The number of nitrogens with two attached hydrogens (primary N) is 1. The number of sulfonamides is 1. The van der Waals surface area contributed by atoms with E-state index < -0.39 is 31.8 Å². The average Bonchev–Trinajstić information content (AvgIpc) is 2.74. The largest absolute Gasteiger partial charge is 0.495 e. The van der Waals surface area contributed by atoms with E-state index in [2.05, 4.69) is 10.0 Å². The molecule has 11 nitrogen and oxygen atoms in total. The summed E-state index contributed by atoms with van der Waals surface area (Å²) in [6.45, 7) is 2.91. The summed E-state index contributed by atoms with van der Waals surface area (Å²) in [5, 5.41) is 14.1. The third kappa shape index (κ3) is 4.13. The Morgan fingerprint density at radius 1 is 1.21 bits per heavy atom. The lowest BCUT2D eigenvalue weighted by Crippen LogP contribution is -2.65. The molecule has 4 N–H and O–H groups in total. The van der Waals surface area contributed by atoms with Gasteiger partial charge in [0.15, 0.2) is 0 Å². The van der Waals surface area contributed by atoms with Gasteiger partial charge in [-0.2, -0.15) is 4.72 Å². The number of methoxy groups -OCH3 is 1. The van der Waals surface area contributed by atoms with E-state index in [1.54, 1.807) is 0 Å². The summed E-state index contributed by atoms with van der Waals surface area (Å²) in [5.41, 5.74) is 3.42. The van der Waals surface area contributed by atoms with E-state index in [9.17, 15) is 28.1 Å². The SMILES string of the molecule is COc1cc([N+](=O)[O-])ccc1S(=O)(=O)NC(C)(C)C(=O)NC1C2CC3CC1CC(C(N)=O)(C3)C2. The summed E-state index contributed by atoms with van der Waals surface area (Å²) < 4.78 is 33.6. The fourth-order valence-corrected chi connectivity index (χ4v) is 7.85. The molecule has 4 fully saturated rings. The monoisotopic (exact) mass is 494 g/mol. The highest BCUT2D eigenvalue weighted by Crippen LogP contribution is 2.59. The van der Waals surface area contributed by atoms with Gasteiger partial charge in [0.05, 0.1) is 18.1 Å². The quantitative estimate of drug-likeness (QED) is 0.362. The Balaban J connectivity index is 1.50. The molecule has 12 heteroatoms. The number of carbonyl (C=O) groups is 2. The highest BCUT2D eigenvalue weighted by atomic mass is 32.2. The average molecular weight is 495 g/mol. The number of nitrogens with zero attached hydrogens (tertiary/aromatic N) is 1. The Hall–Kier alpha value is -2.73. The van der Waals surface area contributed by atoms with Crippen LogP contribution < -0.4 is 20.5 Å². The van der Waals surface area contributed by atoms with Crippen molar-refractivity contribution in [2.24, 2.45) is 28.9 Å². The number of primary amides is 1. The normalized spacial score (nSPS) is 30.1. The number of carbonyl (C=O) groups excluding carboxylic acids is 2. The van der Waals surface area contributed by atoms with Crippen LogP contribution in [-0.2, 0) is 19.6 Å². The summed E-state index contributed by atoms with van der Waals surface area (Å²) in [4.78, 5) is 35.4. The van der Waals surface area contributed by atoms with Crippen molar-refractivity contribution in [1.82, 2.24) is 10.0 Å². The Kier molecular flexibility index (Phi) is 5.88. The third-order valence-electron chi connectivity index (χ3n) is 7.70. The predicted octanol–water partition coefficient (Wildman–Crippen LogP) is 1.46. The minimum absolute atomic E-state index is 0.130. The molecule has 5 rings (SSSR count). The molecule has 4 bridgehead atoms. The Labute approximate surface area is 198 Å². The van der Waals surface area contributed by atoms with Gasteiger partial charge in [-0.3, -0.25) is 19.7 Å². The molecule has 4 aliphatic rings. The van der Waals surface area contributed by atoms with Crippen molar-refractivity contribution in [3.63, 3.8) is 0 Å². The lowest BCUT2D eigenvalue weighted by molar-refractivity contribution is -0.385. The van der Waals surface area contributed by atoms with Gasteiger partial charge < -0.3 is 15.8 Å². The molecule has 34 heavy (non-hydrogen) atoms. The summed E-state index contributed by atoms with van der Waals surface area (Å²) in [5.74, 6) is -0.255. The molecule has 0 spiro atoms. The van der Waals surface area contributed by atoms with Crippen LogP contribution in [0.3, 0.4) is 0 Å². The summed E-state index contributed by atoms with van der Waals surface area (Å²) >= 11 is 0. The first-order chi connectivity index (χ1) is 15.8. The van der Waals surface area contributed by atoms with Crippen LogP contribution in [0.15, 0.2) is 23.1 Å². The van der Waals surface area contributed by atoms with Crippen LogP contribution in [-0.4, -0.2) is 43.8 Å². The van der Waals surface area contributed by atoms with E-state index in [0.29, 0.717) is 18.8 Å². The smallest absolute Gasteiger partial charge is 0.273 e. The van der Waals surface area contributed by atoms with Crippen molar-refractivity contribution in [2.75, 3.05) is 7.11 Å². The zero-order valence-electron chi connectivity index (χ0n) is 19.4. The van der Waals surface area contributed by atoms with Gasteiger partial charge in [0, 0.05) is 17.5 Å². The van der Waals surface area contributed by atoms with Crippen LogP contribution in [0.5, 0.6) is 5.75 Å². The molecule has 0 aliphatic heterocycles. The van der Waals surface area contributed by atoms with Crippen molar-refractivity contribution >= 4 is 27.5 Å². The van der Waals surface area contributed by atoms with Gasteiger partial charge in [-0.25, -0.2) is 8.42 Å². The molecule has 2 unspecified atom stereocenters. The van der Waals surface area contributed by atoms with Crippen molar-refractivity contribution in [3.8, 4) is 5.75 Å². The van der Waals surface area contributed by atoms with E-state index in [1.807, 2.05) is 0 Å². The Morgan fingerprint density at radius 2 is 1.82 bits per heavy atom. The lowest BCUT2D eigenvalue weighted by atomic mass is 9.47. The van der Waals surface area contributed by atoms with Crippen LogP contribution in [0.4, 0.5) is 5.69 Å². The second-order valence-corrected chi connectivity index (χ2v) is 12.1. The molecule has 2 amide bonds. The molecule has 0 radical (unpaired) electrons. The second kappa shape index (κ2) is 8.19. The van der Waals surface area contributed by atoms with Crippen molar-refractivity contribution in [3.05, 3.63) is 28.3 Å². The van der Waals surface area contributed by atoms with E-state index in [-0.39, 0.29) is 40.1 Å². The molecule has 4 saturated carbocycles. The number of hydrogen-bond donors (Lipinski definition) is 3. The number of nitrogens with one attached hydrogen (secondary N) is 2. The molecule has 0 heterocycles. The Morgan fingerprint density at radius 3 is 2.35 bits per heavy atom. The number of non-ortho nitro benzene ring substituents is 1. The maximum atomic E-state index is 13.2. The molecular weight excluding hydrogens is 464 g/mol. The number of benzene rings is 1. The standard InChI is InChI=1S/C22H30N4O7S/c1-21(2,25-34(31,32)17-5-4-15(26(29)30)8-16(17)33-3)20(28)24-18-13-6-12-7-14(18)11-22(9-12,10-13)19(23)27/h4-5,8,12-14,18,25H,6-7,9-11H2,1-3H3,(H2,23,27)(H,24,28). The summed E-state index contributed by atoms with van der Waals surface area (Å²) in [7, 11) is -3.04. The van der Waals surface area contributed by atoms with Crippen molar-refractivity contribution in [2.45, 2.75) is 62.4 Å². The lowest BCUT2D eigenvalue weighted by Gasteiger charge is -2.59. The summed E-state index contributed by atoms with van der Waals surface area (Å²) in [6, 6.07) is 3.01. The molecule has 0 aromatic heterocycles. The summed E-state index contributed by atoms with van der Waals surface area (Å²) in [6.07, 6.45) is 3.95. The molecule has 2 atom stereocenters. The van der Waals surface area contributed by atoms with Crippen LogP contribution >= 0.6 is 0 Å². The number of rotatable bonds is 8. The topological polar surface area (TPSA) is 171 Å². The first-order valence-electron chi connectivity index (χ1n) is 11.3. The first kappa shape index (κ1) is 24.4. The maximum absolute atomic E-state index is 13.2. The van der Waals surface area contributed by atoms with Gasteiger partial charge in [0.25, 0.3) is 5.69 Å². The van der Waals surface area contributed by atoms with E-state index >= 15 is 0 Å². The number of hydrogen-bond acceptors (Lipinski definition) is 7. The first-order valence-corrected chi connectivity index (χ1v) is 12.7. The molecule has 4 aliphatic carbocycles. The molecule has 0 saturated heterocycles. The Bertz CT molecular complexity index is 1130. The van der Waals surface area contributed by atoms with Crippen LogP contribution in [0.2, 0.25) is 0 Å². The highest BCUT2D eigenvalue weighted by Gasteiger charge is 2.58.